The number of rotatable bonds is 3. The Bertz CT molecular complexity index is 363. The maximum atomic E-state index is 11.4. The van der Waals surface area contributed by atoms with Crippen molar-refractivity contribution in [3.8, 4) is 5.75 Å². The smallest absolute Gasteiger partial charge is 0.313 e. The van der Waals surface area contributed by atoms with Crippen molar-refractivity contribution in [1.82, 2.24) is 0 Å². The van der Waals surface area contributed by atoms with Crippen molar-refractivity contribution in [2.24, 2.45) is 0 Å². The van der Waals surface area contributed by atoms with E-state index in [2.05, 4.69) is 4.74 Å². The molecule has 0 amide bonds. The fourth-order valence-electron chi connectivity index (χ4n) is 1.41. The minimum Gasteiger partial charge on any atom is -0.496 e. The monoisotopic (exact) mass is 228 g/mol. The molecule has 0 bridgehead atoms. The van der Waals surface area contributed by atoms with Crippen molar-refractivity contribution in [2.75, 3.05) is 14.2 Å². The summed E-state index contributed by atoms with van der Waals surface area (Å²) in [6.45, 7) is 1.73. The summed E-state index contributed by atoms with van der Waals surface area (Å²) in [4.78, 5) is 11.4. The molecule has 0 N–H and O–H groups in total. The molecule has 1 aromatic carbocycles. The maximum Gasteiger partial charge on any atom is 0.313 e. The van der Waals surface area contributed by atoms with E-state index in [4.69, 9.17) is 16.3 Å². The highest BCUT2D eigenvalue weighted by molar-refractivity contribution is 6.31. The molecule has 0 radical (unpaired) electrons. The third-order valence-electron chi connectivity index (χ3n) is 2.22. The van der Waals surface area contributed by atoms with Crippen LogP contribution in [0.15, 0.2) is 18.2 Å². The number of carbonyl (C=O) groups is 1. The lowest BCUT2D eigenvalue weighted by atomic mass is 10.0. The Labute approximate surface area is 93.9 Å². The van der Waals surface area contributed by atoms with Gasteiger partial charge in [0.2, 0.25) is 0 Å². The zero-order valence-electron chi connectivity index (χ0n) is 8.91. The number of esters is 1. The van der Waals surface area contributed by atoms with E-state index in [1.54, 1.807) is 32.2 Å². The molecular weight excluding hydrogens is 216 g/mol. The van der Waals surface area contributed by atoms with Gasteiger partial charge in [-0.15, -0.1) is 0 Å². The lowest BCUT2D eigenvalue weighted by molar-refractivity contribution is -0.142. The van der Waals surface area contributed by atoms with Crippen LogP contribution in [0.5, 0.6) is 5.75 Å². The van der Waals surface area contributed by atoms with Crippen molar-refractivity contribution in [1.29, 1.82) is 0 Å². The Kier molecular flexibility index (Phi) is 3.97. The van der Waals surface area contributed by atoms with E-state index in [-0.39, 0.29) is 5.97 Å². The molecule has 1 rings (SSSR count). The third-order valence-corrected chi connectivity index (χ3v) is 2.55. The van der Waals surface area contributed by atoms with Gasteiger partial charge in [-0.1, -0.05) is 17.7 Å². The van der Waals surface area contributed by atoms with Crippen LogP contribution in [-0.4, -0.2) is 20.2 Å². The topological polar surface area (TPSA) is 35.5 Å². The summed E-state index contributed by atoms with van der Waals surface area (Å²) in [6.07, 6.45) is 0. The molecule has 1 unspecified atom stereocenters. The van der Waals surface area contributed by atoms with Gasteiger partial charge in [-0.25, -0.2) is 0 Å². The van der Waals surface area contributed by atoms with Crippen LogP contribution in [0.1, 0.15) is 18.4 Å². The van der Waals surface area contributed by atoms with E-state index in [0.29, 0.717) is 16.3 Å². The Balaban J connectivity index is 3.16. The van der Waals surface area contributed by atoms with Gasteiger partial charge in [0.15, 0.2) is 0 Å². The number of ether oxygens (including phenoxy) is 2. The number of halogens is 1. The van der Waals surface area contributed by atoms with E-state index in [9.17, 15) is 4.79 Å². The Morgan fingerprint density at radius 2 is 2.07 bits per heavy atom. The Hall–Kier alpha value is -1.22. The summed E-state index contributed by atoms with van der Waals surface area (Å²) in [6, 6.07) is 5.26. The van der Waals surface area contributed by atoms with Gasteiger partial charge < -0.3 is 9.47 Å². The molecule has 0 aliphatic heterocycles. The lowest BCUT2D eigenvalue weighted by Gasteiger charge is -2.15. The maximum absolute atomic E-state index is 11.4. The van der Waals surface area contributed by atoms with Crippen molar-refractivity contribution < 1.29 is 14.3 Å². The van der Waals surface area contributed by atoms with E-state index in [1.165, 1.54) is 7.11 Å². The van der Waals surface area contributed by atoms with E-state index in [0.717, 1.165) is 0 Å². The second-order valence-corrected chi connectivity index (χ2v) is 3.51. The van der Waals surface area contributed by atoms with Gasteiger partial charge in [0.25, 0.3) is 0 Å². The molecule has 0 fully saturated rings. The second-order valence-electron chi connectivity index (χ2n) is 3.10. The predicted octanol–water partition coefficient (Wildman–Crippen LogP) is 2.63. The number of carbonyl (C=O) groups excluding carboxylic acids is 1. The van der Waals surface area contributed by atoms with Gasteiger partial charge in [0, 0.05) is 10.6 Å². The van der Waals surface area contributed by atoms with Crippen molar-refractivity contribution >= 4 is 17.6 Å². The quantitative estimate of drug-likeness (QED) is 0.746. The summed E-state index contributed by atoms with van der Waals surface area (Å²) in [5.41, 5.74) is 0.661. The van der Waals surface area contributed by atoms with Crippen molar-refractivity contribution in [2.45, 2.75) is 12.8 Å². The summed E-state index contributed by atoms with van der Waals surface area (Å²) < 4.78 is 9.82. The van der Waals surface area contributed by atoms with Crippen LogP contribution >= 0.6 is 11.6 Å². The molecule has 0 spiro atoms. The molecule has 1 atom stereocenters. The molecule has 0 aliphatic rings. The van der Waals surface area contributed by atoms with E-state index >= 15 is 0 Å². The summed E-state index contributed by atoms with van der Waals surface area (Å²) in [7, 11) is 2.89. The molecule has 0 aromatic heterocycles. The molecule has 4 heteroatoms. The minimum absolute atomic E-state index is 0.332. The lowest BCUT2D eigenvalue weighted by Crippen LogP contribution is -2.12. The van der Waals surface area contributed by atoms with Crippen LogP contribution in [0.2, 0.25) is 5.02 Å². The van der Waals surface area contributed by atoms with Gasteiger partial charge in [-0.05, 0) is 19.1 Å². The van der Waals surface area contributed by atoms with Gasteiger partial charge in [0.05, 0.1) is 20.1 Å². The summed E-state index contributed by atoms with van der Waals surface area (Å²) in [5, 5.41) is 0.507. The average Bonchev–Trinajstić information content (AvgIpc) is 2.26. The van der Waals surface area contributed by atoms with Crippen LogP contribution in [-0.2, 0) is 9.53 Å². The Morgan fingerprint density at radius 1 is 1.40 bits per heavy atom. The molecular formula is C11H13ClO3. The second kappa shape index (κ2) is 5.03. The van der Waals surface area contributed by atoms with Crippen LogP contribution in [0.25, 0.3) is 0 Å². The zero-order chi connectivity index (χ0) is 11.4. The molecule has 0 saturated carbocycles. The SMILES string of the molecule is COC(=O)C(C)c1c(Cl)cccc1OC. The molecule has 15 heavy (non-hydrogen) atoms. The molecule has 82 valence electrons. The average molecular weight is 229 g/mol. The number of methoxy groups -OCH3 is 2. The van der Waals surface area contributed by atoms with E-state index < -0.39 is 5.92 Å². The van der Waals surface area contributed by atoms with Gasteiger partial charge >= 0.3 is 5.97 Å². The minimum atomic E-state index is -0.432. The third kappa shape index (κ3) is 2.42. The van der Waals surface area contributed by atoms with Crippen LogP contribution < -0.4 is 4.74 Å². The van der Waals surface area contributed by atoms with Gasteiger partial charge in [-0.3, -0.25) is 4.79 Å². The highest BCUT2D eigenvalue weighted by atomic mass is 35.5. The first kappa shape index (κ1) is 11.9. The number of hydrogen-bond donors (Lipinski definition) is 0. The molecule has 0 saturated heterocycles. The van der Waals surface area contributed by atoms with E-state index in [1.807, 2.05) is 0 Å². The predicted molar refractivity (Wildman–Crippen MR) is 58.4 cm³/mol. The van der Waals surface area contributed by atoms with Crippen LogP contribution in [0.4, 0.5) is 0 Å². The summed E-state index contributed by atoms with van der Waals surface area (Å²) in [5.74, 6) is -0.166. The number of hydrogen-bond acceptors (Lipinski definition) is 3. The Morgan fingerprint density at radius 3 is 2.60 bits per heavy atom. The van der Waals surface area contributed by atoms with Gasteiger partial charge in [0.1, 0.15) is 5.75 Å². The van der Waals surface area contributed by atoms with Gasteiger partial charge in [-0.2, -0.15) is 0 Å². The van der Waals surface area contributed by atoms with Crippen molar-refractivity contribution in [3.63, 3.8) is 0 Å². The standard InChI is InChI=1S/C11H13ClO3/c1-7(11(13)15-3)10-8(12)5-4-6-9(10)14-2/h4-7H,1-3H3. The molecule has 0 aliphatic carbocycles. The molecule has 0 heterocycles. The first-order valence-electron chi connectivity index (χ1n) is 4.52. The fraction of sp³-hybridized carbons (Fsp3) is 0.364. The summed E-state index contributed by atoms with van der Waals surface area (Å²) >= 11 is 6.02. The highest BCUT2D eigenvalue weighted by Gasteiger charge is 2.22. The van der Waals surface area contributed by atoms with Crippen LogP contribution in [0, 0.1) is 0 Å². The largest absolute Gasteiger partial charge is 0.496 e. The highest BCUT2D eigenvalue weighted by Crippen LogP contribution is 2.33. The fourth-order valence-corrected chi connectivity index (χ4v) is 1.74. The first-order valence-corrected chi connectivity index (χ1v) is 4.89. The number of benzene rings is 1. The first-order chi connectivity index (χ1) is 7.11. The van der Waals surface area contributed by atoms with Crippen LogP contribution in [0.3, 0.4) is 0 Å². The molecule has 1 aromatic rings. The normalized spacial score (nSPS) is 12.0. The molecule has 3 nitrogen and oxygen atoms in total. The zero-order valence-corrected chi connectivity index (χ0v) is 9.67. The van der Waals surface area contributed by atoms with Crippen molar-refractivity contribution in [3.05, 3.63) is 28.8 Å².